The summed E-state index contributed by atoms with van der Waals surface area (Å²) < 4.78 is 27.4. The highest BCUT2D eigenvalue weighted by molar-refractivity contribution is 7.92. The Balaban J connectivity index is 1.82. The predicted octanol–water partition coefficient (Wildman–Crippen LogP) is -1.31. The number of carbonyl (C=O) groups is 5. The van der Waals surface area contributed by atoms with Crippen molar-refractivity contribution in [2.24, 2.45) is 5.16 Å². The Morgan fingerprint density at radius 1 is 1.29 bits per heavy atom. The van der Waals surface area contributed by atoms with E-state index in [1.807, 2.05) is 0 Å². The van der Waals surface area contributed by atoms with Crippen molar-refractivity contribution in [3.05, 3.63) is 22.3 Å². The first-order valence-electron chi connectivity index (χ1n) is 11.9. The van der Waals surface area contributed by atoms with Crippen molar-refractivity contribution in [3.63, 3.8) is 0 Å². The van der Waals surface area contributed by atoms with Gasteiger partial charge in [-0.05, 0) is 31.9 Å². The summed E-state index contributed by atoms with van der Waals surface area (Å²) in [7, 11) is 2.33. The van der Waals surface area contributed by atoms with Gasteiger partial charge in [-0.15, -0.1) is 22.9 Å². The van der Waals surface area contributed by atoms with E-state index in [9.17, 15) is 28.5 Å². The first kappa shape index (κ1) is 32.2. The van der Waals surface area contributed by atoms with Crippen molar-refractivity contribution in [3.8, 4) is 0 Å². The quantitative estimate of drug-likeness (QED) is 0.0593. The molecular weight excluding hydrogens is 603 g/mol. The highest BCUT2D eigenvalue weighted by Gasteiger charge is 2.61. The molecule has 41 heavy (non-hydrogen) atoms. The monoisotopic (exact) mass is 629 g/mol. The SMILES string of the molecule is BOC(=O)CCO/N=C(\C(=O)N[C@@H]1C(=O)N2C(C(=O)OB)=C(CCl)C[S+]([O-])[C@H]12)c1csc(NC(=O)OC(C)(C)C)n1. The summed E-state index contributed by atoms with van der Waals surface area (Å²) in [6.07, 6.45) is -0.943. The molecule has 2 aliphatic rings. The lowest BCUT2D eigenvalue weighted by molar-refractivity contribution is -0.149. The zero-order valence-electron chi connectivity index (χ0n) is 22.7. The van der Waals surface area contributed by atoms with Crippen LogP contribution in [-0.2, 0) is 49.2 Å². The van der Waals surface area contributed by atoms with Crippen molar-refractivity contribution in [1.29, 1.82) is 0 Å². The van der Waals surface area contributed by atoms with Gasteiger partial charge in [0.25, 0.3) is 17.8 Å². The normalized spacial score (nSPS) is 20.4. The number of hydrogen-bond donors (Lipinski definition) is 2. The molecule has 3 heterocycles. The molecule has 2 N–H and O–H groups in total. The van der Waals surface area contributed by atoms with E-state index in [1.165, 1.54) is 13.4 Å². The van der Waals surface area contributed by atoms with E-state index in [4.69, 9.17) is 25.8 Å². The third-order valence-corrected chi connectivity index (χ3v) is 8.12. The molecule has 1 fully saturated rings. The van der Waals surface area contributed by atoms with Gasteiger partial charge in [0, 0.05) is 11.0 Å². The highest BCUT2D eigenvalue weighted by Crippen LogP contribution is 2.37. The number of nitrogens with zero attached hydrogens (tertiary/aromatic N) is 3. The second kappa shape index (κ2) is 13.6. The number of hydrogen-bond acceptors (Lipinski definition) is 13. The smallest absolute Gasteiger partial charge is 0.413 e. The Bertz CT molecular complexity index is 1290. The van der Waals surface area contributed by atoms with Gasteiger partial charge in [0.05, 0.1) is 12.3 Å². The number of aromatic nitrogens is 1. The van der Waals surface area contributed by atoms with Gasteiger partial charge in [-0.25, -0.2) is 14.6 Å². The molecule has 0 aromatic carbocycles. The van der Waals surface area contributed by atoms with Gasteiger partial charge in [0.15, 0.2) is 16.9 Å². The van der Waals surface area contributed by atoms with Crippen LogP contribution in [0.1, 0.15) is 32.9 Å². The van der Waals surface area contributed by atoms with Gasteiger partial charge in [-0.3, -0.25) is 24.6 Å². The standard InChI is InChI=1S/C21H26B2ClN5O10S2/c1-21(2,3)37-20(34)27-19-25-10(7-40-19)12(28-36-5-4-11(30)38-22)15(31)26-13-16(32)29-14(18(33)39-23)9(6-24)8-41(35)17(13)29/h7,13,17H,4-6,8,22-23H2,1-3H3,(H,26,31)(H,25,27,34)/b28-12-/t13-,17-,41?/m1/s1. The number of ether oxygens (including phenoxy) is 1. The fraction of sp³-hybridized carbons (Fsp3) is 0.476. The molecule has 3 amide bonds. The topological polar surface area (TPSA) is 198 Å². The molecule has 2 aliphatic heterocycles. The minimum Gasteiger partial charge on any atom is -0.614 e. The zero-order valence-corrected chi connectivity index (χ0v) is 25.1. The first-order valence-corrected chi connectivity index (χ1v) is 14.7. The van der Waals surface area contributed by atoms with Crippen molar-refractivity contribution in [2.45, 2.75) is 44.2 Å². The molecule has 20 heteroatoms. The number of thiazole rings is 1. The summed E-state index contributed by atoms with van der Waals surface area (Å²) in [5.41, 5.74) is -1.04. The molecule has 1 unspecified atom stereocenters. The van der Waals surface area contributed by atoms with E-state index in [2.05, 4.69) is 25.4 Å². The van der Waals surface area contributed by atoms with Gasteiger partial charge in [-0.1, -0.05) is 5.16 Å². The van der Waals surface area contributed by atoms with Gasteiger partial charge in [-0.2, -0.15) is 0 Å². The number of halogens is 1. The van der Waals surface area contributed by atoms with E-state index in [1.54, 1.807) is 20.8 Å². The number of fused-ring (bicyclic) bond motifs is 1. The first-order chi connectivity index (χ1) is 19.3. The number of oxime groups is 1. The molecule has 220 valence electrons. The highest BCUT2D eigenvalue weighted by atomic mass is 35.5. The summed E-state index contributed by atoms with van der Waals surface area (Å²) >= 11 is 5.16. The lowest BCUT2D eigenvalue weighted by Crippen LogP contribution is -2.75. The minimum atomic E-state index is -1.70. The van der Waals surface area contributed by atoms with Crippen molar-refractivity contribution >= 4 is 90.9 Å². The van der Waals surface area contributed by atoms with Crippen LogP contribution in [0.4, 0.5) is 9.93 Å². The van der Waals surface area contributed by atoms with Crippen LogP contribution in [0.25, 0.3) is 0 Å². The van der Waals surface area contributed by atoms with Crippen molar-refractivity contribution in [1.82, 2.24) is 15.2 Å². The van der Waals surface area contributed by atoms with Crippen LogP contribution in [0.2, 0.25) is 0 Å². The summed E-state index contributed by atoms with van der Waals surface area (Å²) in [6, 6.07) is -1.28. The van der Waals surface area contributed by atoms with Crippen LogP contribution in [0.3, 0.4) is 0 Å². The Hall–Kier alpha value is -3.28. The van der Waals surface area contributed by atoms with E-state index in [0.29, 0.717) is 0 Å². The summed E-state index contributed by atoms with van der Waals surface area (Å²) in [5, 5.41) is 9.11. The molecule has 15 nitrogen and oxygen atoms in total. The van der Waals surface area contributed by atoms with Gasteiger partial charge in [0.2, 0.25) is 5.37 Å². The number of rotatable bonds is 10. The maximum absolute atomic E-state index is 13.3. The lowest BCUT2D eigenvalue weighted by atomic mass is 10.0. The molecule has 0 spiro atoms. The Kier molecular flexibility index (Phi) is 10.7. The molecule has 3 atom stereocenters. The van der Waals surface area contributed by atoms with Gasteiger partial charge >= 0.3 is 28.2 Å². The average Bonchev–Trinajstić information content (AvgIpc) is 3.36. The molecule has 0 aliphatic carbocycles. The number of β-lactam (4-membered cyclic amide) rings is 1. The van der Waals surface area contributed by atoms with Crippen LogP contribution in [0, 0.1) is 0 Å². The Morgan fingerprint density at radius 2 is 2.00 bits per heavy atom. The van der Waals surface area contributed by atoms with Crippen molar-refractivity contribution < 1.29 is 47.4 Å². The lowest BCUT2D eigenvalue weighted by Gasteiger charge is -2.49. The van der Waals surface area contributed by atoms with E-state index < -0.39 is 63.8 Å². The van der Waals surface area contributed by atoms with Crippen molar-refractivity contribution in [2.75, 3.05) is 23.6 Å². The van der Waals surface area contributed by atoms with Crippen LogP contribution in [0.5, 0.6) is 0 Å². The fourth-order valence-corrected chi connectivity index (χ4v) is 6.33. The molecule has 3 rings (SSSR count). The summed E-state index contributed by atoms with van der Waals surface area (Å²) in [5.74, 6) is -3.29. The minimum absolute atomic E-state index is 0.0374. The van der Waals surface area contributed by atoms with Crippen LogP contribution < -0.4 is 10.6 Å². The number of alkyl halides is 1. The number of amides is 3. The van der Waals surface area contributed by atoms with Crippen LogP contribution >= 0.6 is 22.9 Å². The summed E-state index contributed by atoms with van der Waals surface area (Å²) in [6.45, 7) is 4.81. The van der Waals surface area contributed by atoms with E-state index in [0.717, 1.165) is 24.3 Å². The molecule has 0 saturated carbocycles. The molecule has 1 saturated heterocycles. The fourth-order valence-electron chi connectivity index (χ4n) is 3.63. The second-order valence-electron chi connectivity index (χ2n) is 9.42. The van der Waals surface area contributed by atoms with Gasteiger partial charge < -0.3 is 28.8 Å². The third-order valence-electron chi connectivity index (χ3n) is 5.38. The molecular formula is C21H26B2ClN5O10S2. The van der Waals surface area contributed by atoms with E-state index >= 15 is 0 Å². The Labute approximate surface area is 248 Å². The third kappa shape index (κ3) is 7.72. The van der Waals surface area contributed by atoms with Gasteiger partial charge in [0.1, 0.15) is 29.4 Å². The van der Waals surface area contributed by atoms with E-state index in [-0.39, 0.29) is 46.8 Å². The second-order valence-corrected chi connectivity index (χ2v) is 12.1. The molecule has 0 bridgehead atoms. The number of carbonyl (C=O) groups excluding carboxylic acids is 5. The largest absolute Gasteiger partial charge is 0.614 e. The average molecular weight is 630 g/mol. The molecule has 1 aromatic rings. The van der Waals surface area contributed by atoms with Crippen LogP contribution in [-0.4, -0.2) is 101 Å². The van der Waals surface area contributed by atoms with Crippen LogP contribution in [0.15, 0.2) is 21.8 Å². The predicted molar refractivity (Wildman–Crippen MR) is 152 cm³/mol. The molecule has 1 aromatic heterocycles. The number of nitrogens with one attached hydrogen (secondary N) is 2. The maximum atomic E-state index is 13.3. The Morgan fingerprint density at radius 3 is 2.61 bits per heavy atom. The number of anilines is 1. The zero-order chi connectivity index (χ0) is 30.5. The molecule has 0 radical (unpaired) electrons. The maximum Gasteiger partial charge on any atom is 0.413 e. The summed E-state index contributed by atoms with van der Waals surface area (Å²) in [4.78, 5) is 72.5.